The van der Waals surface area contributed by atoms with Gasteiger partial charge in [-0.25, -0.2) is 4.98 Å². The number of nitrogens with zero attached hydrogens (tertiary/aromatic N) is 2. The van der Waals surface area contributed by atoms with Gasteiger partial charge < -0.3 is 10.3 Å². The molecule has 3 heterocycles. The molecule has 3 aromatic heterocycles. The topological polar surface area (TPSA) is 60.9 Å². The quantitative estimate of drug-likeness (QED) is 0.766. The molecule has 18 heavy (non-hydrogen) atoms. The number of hydrogen-bond donors (Lipinski definition) is 1. The van der Waals surface area contributed by atoms with E-state index in [4.69, 9.17) is 5.73 Å². The summed E-state index contributed by atoms with van der Waals surface area (Å²) in [6.45, 7) is 0. The monoisotopic (exact) mass is 257 g/mol. The maximum absolute atomic E-state index is 11.1. The smallest absolute Gasteiger partial charge is 0.258 e. The van der Waals surface area contributed by atoms with Gasteiger partial charge >= 0.3 is 0 Å². The third kappa shape index (κ3) is 1.60. The zero-order chi connectivity index (χ0) is 12.7. The van der Waals surface area contributed by atoms with E-state index in [0.29, 0.717) is 4.88 Å². The molecule has 0 saturated heterocycles. The third-order valence-electron chi connectivity index (χ3n) is 2.88. The van der Waals surface area contributed by atoms with E-state index >= 15 is 0 Å². The van der Waals surface area contributed by atoms with Crippen molar-refractivity contribution >= 4 is 28.3 Å². The molecular formula is C13H11N3OS. The second-order valence-electron chi connectivity index (χ2n) is 4.05. The van der Waals surface area contributed by atoms with Crippen LogP contribution in [0.2, 0.25) is 0 Å². The Balaban J connectivity index is 2.21. The summed E-state index contributed by atoms with van der Waals surface area (Å²) in [4.78, 5) is 17.1. The van der Waals surface area contributed by atoms with Gasteiger partial charge in [-0.1, -0.05) is 0 Å². The summed E-state index contributed by atoms with van der Waals surface area (Å²) < 4.78 is 1.97. The van der Waals surface area contributed by atoms with Crippen molar-refractivity contribution in [1.29, 1.82) is 0 Å². The average Bonchev–Trinajstić information content (AvgIpc) is 2.97. The molecule has 90 valence electrons. The minimum Gasteiger partial charge on any atom is -0.365 e. The fourth-order valence-corrected chi connectivity index (χ4v) is 2.89. The largest absolute Gasteiger partial charge is 0.365 e. The van der Waals surface area contributed by atoms with Gasteiger partial charge in [-0.15, -0.1) is 11.3 Å². The molecule has 0 aromatic carbocycles. The summed E-state index contributed by atoms with van der Waals surface area (Å²) in [6.07, 6.45) is 3.76. The number of aromatic nitrogens is 2. The van der Waals surface area contributed by atoms with Gasteiger partial charge in [0.1, 0.15) is 5.65 Å². The number of nitrogens with two attached hydrogens (primary N) is 1. The number of primary amides is 1. The highest BCUT2D eigenvalue weighted by molar-refractivity contribution is 7.17. The number of rotatable bonds is 2. The van der Waals surface area contributed by atoms with E-state index in [-0.39, 0.29) is 5.91 Å². The third-order valence-corrected chi connectivity index (χ3v) is 4.02. The maximum Gasteiger partial charge on any atom is 0.258 e. The van der Waals surface area contributed by atoms with Gasteiger partial charge in [0.15, 0.2) is 0 Å². The van der Waals surface area contributed by atoms with Crippen LogP contribution >= 0.6 is 11.3 Å². The van der Waals surface area contributed by atoms with Crippen molar-refractivity contribution in [3.05, 3.63) is 41.5 Å². The van der Waals surface area contributed by atoms with Crippen LogP contribution in [0.1, 0.15) is 9.67 Å². The first kappa shape index (κ1) is 11.0. The number of amides is 1. The molecule has 5 heteroatoms. The standard InChI is InChI=1S/C13H11N3OS/c1-16-7-5-9-8(4-6-15-13(9)16)10-2-3-11(18-10)12(14)17/h2-7H,1H3,(H2,14,17). The Labute approximate surface area is 108 Å². The minimum absolute atomic E-state index is 0.385. The van der Waals surface area contributed by atoms with Crippen molar-refractivity contribution in [3.8, 4) is 10.4 Å². The Bertz CT molecular complexity index is 742. The van der Waals surface area contributed by atoms with Crippen molar-refractivity contribution in [2.75, 3.05) is 0 Å². The summed E-state index contributed by atoms with van der Waals surface area (Å²) in [5.41, 5.74) is 7.29. The molecular weight excluding hydrogens is 246 g/mol. The van der Waals surface area contributed by atoms with Gasteiger partial charge in [0.2, 0.25) is 0 Å². The minimum atomic E-state index is -0.385. The molecule has 0 aliphatic rings. The molecule has 0 fully saturated rings. The Morgan fingerprint density at radius 3 is 2.89 bits per heavy atom. The van der Waals surface area contributed by atoms with E-state index in [1.807, 2.05) is 36.0 Å². The number of thiophene rings is 1. The maximum atomic E-state index is 11.1. The lowest BCUT2D eigenvalue weighted by Crippen LogP contribution is -2.07. The van der Waals surface area contributed by atoms with Crippen LogP contribution in [-0.2, 0) is 7.05 Å². The van der Waals surface area contributed by atoms with Gasteiger partial charge in [-0.3, -0.25) is 4.79 Å². The summed E-state index contributed by atoms with van der Waals surface area (Å²) in [5, 5.41) is 1.08. The highest BCUT2D eigenvalue weighted by Crippen LogP contribution is 2.32. The molecule has 4 nitrogen and oxygen atoms in total. The average molecular weight is 257 g/mol. The fraction of sp³-hybridized carbons (Fsp3) is 0.0769. The number of fused-ring (bicyclic) bond motifs is 1. The molecule has 0 atom stereocenters. The van der Waals surface area contributed by atoms with E-state index in [1.165, 1.54) is 11.3 Å². The van der Waals surface area contributed by atoms with E-state index in [9.17, 15) is 4.79 Å². The molecule has 1 amide bonds. The van der Waals surface area contributed by atoms with Crippen molar-refractivity contribution in [2.45, 2.75) is 0 Å². The van der Waals surface area contributed by atoms with Crippen LogP contribution < -0.4 is 5.73 Å². The number of carbonyl (C=O) groups is 1. The Kier molecular flexibility index (Phi) is 2.41. The SMILES string of the molecule is Cn1ccc2c(-c3ccc(C(N)=O)s3)ccnc21. The van der Waals surface area contributed by atoms with Gasteiger partial charge in [0.05, 0.1) is 4.88 Å². The predicted molar refractivity (Wildman–Crippen MR) is 72.5 cm³/mol. The molecule has 3 rings (SSSR count). The Morgan fingerprint density at radius 1 is 1.33 bits per heavy atom. The molecule has 0 unspecified atom stereocenters. The van der Waals surface area contributed by atoms with E-state index in [1.54, 1.807) is 12.3 Å². The zero-order valence-corrected chi connectivity index (χ0v) is 10.6. The Hall–Kier alpha value is -2.14. The number of aryl methyl sites for hydroxylation is 1. The number of carbonyl (C=O) groups excluding carboxylic acids is 1. The van der Waals surface area contributed by atoms with Gasteiger partial charge in [-0.05, 0) is 24.3 Å². The first-order valence-electron chi connectivity index (χ1n) is 5.47. The normalized spacial score (nSPS) is 10.9. The van der Waals surface area contributed by atoms with Crippen LogP contribution in [0.4, 0.5) is 0 Å². The Morgan fingerprint density at radius 2 is 2.17 bits per heavy atom. The van der Waals surface area contributed by atoms with Gasteiger partial charge in [0.25, 0.3) is 5.91 Å². The highest BCUT2D eigenvalue weighted by Gasteiger charge is 2.11. The summed E-state index contributed by atoms with van der Waals surface area (Å²) in [5.74, 6) is -0.385. The molecule has 0 aliphatic heterocycles. The lowest BCUT2D eigenvalue weighted by Gasteiger charge is -2.00. The fourth-order valence-electron chi connectivity index (χ4n) is 1.99. The van der Waals surface area contributed by atoms with Crippen LogP contribution in [0.5, 0.6) is 0 Å². The molecule has 0 spiro atoms. The number of pyridine rings is 1. The second kappa shape index (κ2) is 3.96. The predicted octanol–water partition coefficient (Wildman–Crippen LogP) is 2.40. The lowest BCUT2D eigenvalue weighted by molar-refractivity contribution is 0.100. The first-order valence-corrected chi connectivity index (χ1v) is 6.28. The molecule has 0 aliphatic carbocycles. The van der Waals surface area contributed by atoms with Crippen LogP contribution in [-0.4, -0.2) is 15.5 Å². The van der Waals surface area contributed by atoms with E-state index < -0.39 is 0 Å². The van der Waals surface area contributed by atoms with Crippen LogP contribution in [0.3, 0.4) is 0 Å². The van der Waals surface area contributed by atoms with Gasteiger partial charge in [-0.2, -0.15) is 0 Å². The summed E-state index contributed by atoms with van der Waals surface area (Å²) >= 11 is 1.41. The number of hydrogen-bond acceptors (Lipinski definition) is 3. The van der Waals surface area contributed by atoms with Crippen molar-refractivity contribution in [1.82, 2.24) is 9.55 Å². The van der Waals surface area contributed by atoms with Crippen molar-refractivity contribution in [3.63, 3.8) is 0 Å². The van der Waals surface area contributed by atoms with Crippen molar-refractivity contribution in [2.24, 2.45) is 12.8 Å². The molecule has 3 aromatic rings. The van der Waals surface area contributed by atoms with E-state index in [0.717, 1.165) is 21.5 Å². The second-order valence-corrected chi connectivity index (χ2v) is 5.13. The van der Waals surface area contributed by atoms with Crippen LogP contribution in [0, 0.1) is 0 Å². The lowest BCUT2D eigenvalue weighted by atomic mass is 10.1. The summed E-state index contributed by atoms with van der Waals surface area (Å²) in [7, 11) is 1.96. The molecule has 0 saturated carbocycles. The summed E-state index contributed by atoms with van der Waals surface area (Å²) in [6, 6.07) is 7.67. The first-order chi connectivity index (χ1) is 8.66. The molecule has 0 radical (unpaired) electrons. The molecule has 0 bridgehead atoms. The zero-order valence-electron chi connectivity index (χ0n) is 9.75. The van der Waals surface area contributed by atoms with Crippen LogP contribution in [0.15, 0.2) is 36.7 Å². The van der Waals surface area contributed by atoms with Crippen LogP contribution in [0.25, 0.3) is 21.5 Å². The van der Waals surface area contributed by atoms with Gasteiger partial charge in [0, 0.05) is 35.3 Å². The van der Waals surface area contributed by atoms with E-state index in [2.05, 4.69) is 4.98 Å². The van der Waals surface area contributed by atoms with Crippen molar-refractivity contribution < 1.29 is 4.79 Å². The highest BCUT2D eigenvalue weighted by atomic mass is 32.1. The molecule has 2 N–H and O–H groups in total.